The fourth-order valence-electron chi connectivity index (χ4n) is 2.98. The Morgan fingerprint density at radius 3 is 2.91 bits per heavy atom. The van der Waals surface area contributed by atoms with Crippen LogP contribution in [-0.4, -0.2) is 51.9 Å². The van der Waals surface area contributed by atoms with Crippen LogP contribution >= 0.6 is 0 Å². The summed E-state index contributed by atoms with van der Waals surface area (Å²) in [5.41, 5.74) is 1.39. The van der Waals surface area contributed by atoms with Crippen LogP contribution in [0, 0.1) is 5.82 Å². The van der Waals surface area contributed by atoms with Crippen LogP contribution in [0.25, 0.3) is 0 Å². The number of amides is 1. The highest BCUT2D eigenvalue weighted by atomic mass is 19.1. The van der Waals surface area contributed by atoms with Gasteiger partial charge in [-0.25, -0.2) is 4.39 Å². The van der Waals surface area contributed by atoms with Crippen molar-refractivity contribution in [2.45, 2.75) is 25.8 Å². The number of para-hydroxylation sites is 1. The molecule has 2 heterocycles. The van der Waals surface area contributed by atoms with Crippen molar-refractivity contribution in [3.8, 4) is 0 Å². The second-order valence-electron chi connectivity index (χ2n) is 5.79. The molecule has 0 spiro atoms. The monoisotopic (exact) mass is 317 g/mol. The van der Waals surface area contributed by atoms with Gasteiger partial charge in [-0.05, 0) is 19.1 Å². The number of nitrogens with zero attached hydrogens (tertiary/aromatic N) is 4. The summed E-state index contributed by atoms with van der Waals surface area (Å²) in [4.78, 5) is 16.3. The predicted molar refractivity (Wildman–Crippen MR) is 84.5 cm³/mol. The molecule has 0 radical (unpaired) electrons. The molecule has 1 aliphatic rings. The lowest BCUT2D eigenvalue weighted by Gasteiger charge is -2.41. The zero-order valence-electron chi connectivity index (χ0n) is 13.1. The highest BCUT2D eigenvalue weighted by Gasteiger charge is 2.28. The molecule has 3 rings (SSSR count). The van der Waals surface area contributed by atoms with Crippen LogP contribution in [0.1, 0.15) is 19.0 Å². The molecule has 1 amide bonds. The summed E-state index contributed by atoms with van der Waals surface area (Å²) in [6.45, 7) is 3.88. The molecule has 2 aromatic rings. The van der Waals surface area contributed by atoms with Crippen LogP contribution in [0.4, 0.5) is 10.1 Å². The largest absolute Gasteiger partial charge is 0.365 e. The Morgan fingerprint density at radius 1 is 1.39 bits per heavy atom. The van der Waals surface area contributed by atoms with E-state index in [4.69, 9.17) is 0 Å². The number of carbonyl (C=O) groups is 1. The van der Waals surface area contributed by atoms with Crippen molar-refractivity contribution < 1.29 is 9.18 Å². The number of benzene rings is 1. The third kappa shape index (κ3) is 3.49. The third-order valence-electron chi connectivity index (χ3n) is 4.20. The smallest absolute Gasteiger partial charge is 0.223 e. The maximum absolute atomic E-state index is 13.9. The first-order valence-electron chi connectivity index (χ1n) is 7.78. The molecule has 122 valence electrons. The molecule has 7 heteroatoms. The molecule has 1 aromatic carbocycles. The average Bonchev–Trinajstić information content (AvgIpc) is 3.06. The van der Waals surface area contributed by atoms with Gasteiger partial charge in [-0.15, -0.1) is 0 Å². The standard InChI is InChI=1S/C16H20FN5O/c1-12-11-21(15-5-3-2-4-14(15)17)8-9-22(12)16(23)7-6-13-10-18-20-19-13/h2-5,10,12H,6-9,11H2,1H3,(H,18,19,20). The van der Waals surface area contributed by atoms with Gasteiger partial charge in [-0.1, -0.05) is 12.1 Å². The van der Waals surface area contributed by atoms with E-state index in [-0.39, 0.29) is 17.8 Å². The first kappa shape index (κ1) is 15.5. The van der Waals surface area contributed by atoms with Crippen LogP contribution in [0.3, 0.4) is 0 Å². The normalized spacial score (nSPS) is 18.3. The summed E-state index contributed by atoms with van der Waals surface area (Å²) in [7, 11) is 0. The van der Waals surface area contributed by atoms with Crippen LogP contribution in [0.15, 0.2) is 30.5 Å². The van der Waals surface area contributed by atoms with E-state index >= 15 is 0 Å². The quantitative estimate of drug-likeness (QED) is 0.930. The lowest BCUT2D eigenvalue weighted by Crippen LogP contribution is -2.54. The Morgan fingerprint density at radius 2 is 2.22 bits per heavy atom. The van der Waals surface area contributed by atoms with Crippen molar-refractivity contribution in [2.24, 2.45) is 0 Å². The number of piperazine rings is 1. The Hall–Kier alpha value is -2.44. The maximum Gasteiger partial charge on any atom is 0.223 e. The van der Waals surface area contributed by atoms with E-state index in [0.717, 1.165) is 5.69 Å². The Bertz CT molecular complexity index is 660. The first-order valence-corrected chi connectivity index (χ1v) is 7.78. The third-order valence-corrected chi connectivity index (χ3v) is 4.20. The molecule has 1 fully saturated rings. The van der Waals surface area contributed by atoms with Gasteiger partial charge in [-0.3, -0.25) is 4.79 Å². The molecular formula is C16H20FN5O. The fraction of sp³-hybridized carbons (Fsp3) is 0.438. The van der Waals surface area contributed by atoms with Crippen molar-refractivity contribution in [3.05, 3.63) is 42.0 Å². The number of carbonyl (C=O) groups excluding carboxylic acids is 1. The number of nitrogens with one attached hydrogen (secondary N) is 1. The Kier molecular flexibility index (Phi) is 4.55. The van der Waals surface area contributed by atoms with Crippen molar-refractivity contribution >= 4 is 11.6 Å². The summed E-state index contributed by atoms with van der Waals surface area (Å²) in [5.74, 6) is -0.112. The van der Waals surface area contributed by atoms with Gasteiger partial charge in [0, 0.05) is 38.5 Å². The summed E-state index contributed by atoms with van der Waals surface area (Å²) in [6.07, 6.45) is 2.62. The summed E-state index contributed by atoms with van der Waals surface area (Å²) in [6, 6.07) is 6.82. The fourth-order valence-corrected chi connectivity index (χ4v) is 2.98. The number of rotatable bonds is 4. The van der Waals surface area contributed by atoms with E-state index in [9.17, 15) is 9.18 Å². The van der Waals surface area contributed by atoms with Gasteiger partial charge in [0.15, 0.2) is 0 Å². The molecule has 1 unspecified atom stereocenters. The van der Waals surface area contributed by atoms with Crippen LogP contribution in [-0.2, 0) is 11.2 Å². The van der Waals surface area contributed by atoms with Gasteiger partial charge in [0.25, 0.3) is 0 Å². The van der Waals surface area contributed by atoms with Crippen molar-refractivity contribution in [1.29, 1.82) is 0 Å². The van der Waals surface area contributed by atoms with E-state index in [1.807, 2.05) is 22.8 Å². The minimum atomic E-state index is -0.217. The van der Waals surface area contributed by atoms with E-state index < -0.39 is 0 Å². The molecule has 1 atom stereocenters. The van der Waals surface area contributed by atoms with Gasteiger partial charge in [-0.2, -0.15) is 15.4 Å². The molecular weight excluding hydrogens is 297 g/mol. The number of hydrogen-bond donors (Lipinski definition) is 1. The van der Waals surface area contributed by atoms with Crippen molar-refractivity contribution in [3.63, 3.8) is 0 Å². The molecule has 0 saturated carbocycles. The number of H-pyrrole nitrogens is 1. The second-order valence-corrected chi connectivity index (χ2v) is 5.79. The number of halogens is 1. The summed E-state index contributed by atoms with van der Waals surface area (Å²) >= 11 is 0. The molecule has 1 N–H and O–H groups in total. The molecule has 0 aliphatic carbocycles. The second kappa shape index (κ2) is 6.76. The van der Waals surface area contributed by atoms with Gasteiger partial charge in [0.05, 0.1) is 17.6 Å². The number of aromatic nitrogens is 3. The van der Waals surface area contributed by atoms with Gasteiger partial charge >= 0.3 is 0 Å². The molecule has 1 aliphatic heterocycles. The topological polar surface area (TPSA) is 65.1 Å². The predicted octanol–water partition coefficient (Wildman–Crippen LogP) is 1.61. The highest BCUT2D eigenvalue weighted by Crippen LogP contribution is 2.22. The Labute approximate surface area is 134 Å². The van der Waals surface area contributed by atoms with E-state index in [2.05, 4.69) is 15.4 Å². The van der Waals surface area contributed by atoms with E-state index in [0.29, 0.717) is 38.2 Å². The zero-order chi connectivity index (χ0) is 16.2. The van der Waals surface area contributed by atoms with Crippen LogP contribution in [0.5, 0.6) is 0 Å². The first-order chi connectivity index (χ1) is 11.1. The van der Waals surface area contributed by atoms with Crippen molar-refractivity contribution in [2.75, 3.05) is 24.5 Å². The lowest BCUT2D eigenvalue weighted by atomic mass is 10.1. The molecule has 23 heavy (non-hydrogen) atoms. The Balaban J connectivity index is 1.58. The van der Waals surface area contributed by atoms with Crippen molar-refractivity contribution in [1.82, 2.24) is 20.3 Å². The molecule has 6 nitrogen and oxygen atoms in total. The number of anilines is 1. The highest BCUT2D eigenvalue weighted by molar-refractivity contribution is 5.77. The van der Waals surface area contributed by atoms with Gasteiger partial charge in [0.2, 0.25) is 5.91 Å². The zero-order valence-corrected chi connectivity index (χ0v) is 13.1. The lowest BCUT2D eigenvalue weighted by molar-refractivity contribution is -0.133. The van der Waals surface area contributed by atoms with Gasteiger partial charge in [0.1, 0.15) is 5.82 Å². The van der Waals surface area contributed by atoms with Gasteiger partial charge < -0.3 is 9.80 Å². The van der Waals surface area contributed by atoms with Crippen LogP contribution in [0.2, 0.25) is 0 Å². The summed E-state index contributed by atoms with van der Waals surface area (Å²) in [5, 5.41) is 10.2. The number of hydrogen-bond acceptors (Lipinski definition) is 4. The molecule has 0 bridgehead atoms. The molecule has 1 aromatic heterocycles. The maximum atomic E-state index is 13.9. The SMILES string of the molecule is CC1CN(c2ccccc2F)CCN1C(=O)CCc1cn[nH]n1. The van der Waals surface area contributed by atoms with E-state index in [1.165, 1.54) is 6.07 Å². The number of aryl methyl sites for hydroxylation is 1. The van der Waals surface area contributed by atoms with E-state index in [1.54, 1.807) is 18.3 Å². The average molecular weight is 317 g/mol. The molecule has 1 saturated heterocycles. The number of aromatic amines is 1. The summed E-state index contributed by atoms with van der Waals surface area (Å²) < 4.78 is 13.9. The minimum absolute atomic E-state index is 0.0492. The minimum Gasteiger partial charge on any atom is -0.365 e. The van der Waals surface area contributed by atoms with Crippen LogP contribution < -0.4 is 4.90 Å².